The molecule has 0 unspecified atom stereocenters. The molecule has 1 spiro atoms. The molecule has 0 radical (unpaired) electrons. The van der Waals surface area contributed by atoms with Crippen molar-refractivity contribution in [2.75, 3.05) is 19.8 Å². The maximum atomic E-state index is 12.1. The van der Waals surface area contributed by atoms with E-state index in [4.69, 9.17) is 23.7 Å². The quantitative estimate of drug-likeness (QED) is 0.143. The fraction of sp³-hybridized carbons (Fsp3) is 0.952. The molecular weight excluding hydrogens is 712 g/mol. The number of aliphatic hydroxyl groups excluding tert-OH is 8. The number of ether oxygens (including phenoxy) is 5. The lowest BCUT2D eigenvalue weighted by Gasteiger charge is -2.73. The zero-order chi connectivity index (χ0) is 39.9. The van der Waals surface area contributed by atoms with E-state index in [0.717, 1.165) is 38.5 Å². The van der Waals surface area contributed by atoms with Gasteiger partial charge in [0.25, 0.3) is 0 Å². The van der Waals surface area contributed by atoms with Crippen LogP contribution in [0.3, 0.4) is 0 Å². The third kappa shape index (κ3) is 5.44. The monoisotopic (exact) mass is 780 g/mol. The Morgan fingerprint density at radius 2 is 1.44 bits per heavy atom. The minimum Gasteiger partial charge on any atom is -0.396 e. The van der Waals surface area contributed by atoms with Gasteiger partial charge < -0.3 is 64.5 Å². The molecule has 55 heavy (non-hydrogen) atoms. The Morgan fingerprint density at radius 1 is 0.727 bits per heavy atom. The van der Waals surface area contributed by atoms with Crippen LogP contribution in [0.2, 0.25) is 0 Å². The maximum Gasteiger partial charge on any atom is 0.187 e. The average Bonchev–Trinajstić information content (AvgIpc) is 3.41. The molecule has 3 saturated heterocycles. The van der Waals surface area contributed by atoms with E-state index in [1.807, 2.05) is 6.92 Å². The molecule has 13 heteroatoms. The van der Waals surface area contributed by atoms with Gasteiger partial charge in [-0.3, -0.25) is 0 Å². The predicted molar refractivity (Wildman–Crippen MR) is 197 cm³/mol. The van der Waals surface area contributed by atoms with E-state index >= 15 is 0 Å². The predicted octanol–water partition coefficient (Wildman–Crippen LogP) is 1.78. The number of aliphatic hydroxyl groups is 8. The van der Waals surface area contributed by atoms with Crippen molar-refractivity contribution in [3.63, 3.8) is 0 Å². The van der Waals surface area contributed by atoms with E-state index in [0.29, 0.717) is 19.4 Å². The van der Waals surface area contributed by atoms with Gasteiger partial charge in [-0.2, -0.15) is 0 Å². The Balaban J connectivity index is 1.06. The molecule has 0 amide bonds. The zero-order valence-electron chi connectivity index (χ0n) is 33.7. The van der Waals surface area contributed by atoms with Crippen molar-refractivity contribution in [3.8, 4) is 0 Å². The summed E-state index contributed by atoms with van der Waals surface area (Å²) in [5, 5.41) is 87.5. The Bertz CT molecular complexity index is 1490. The van der Waals surface area contributed by atoms with Gasteiger partial charge in [0, 0.05) is 22.2 Å². The van der Waals surface area contributed by atoms with E-state index in [1.165, 1.54) is 6.92 Å². The number of hydrogen-bond donors (Lipinski definition) is 8. The SMILES string of the molecule is C[C@H]1O[C@@H](O[C@H]2[C@@H](O)[C@@H](CO)O[C@@H](O[C@H]3CC[C@@]4(C)[C@H](CC[C@]5(C)[C@H]4C=C[C@@]46OC[C@@]7(CCC(C)(C)C[C@@H]74)[C@H](O)C[C@]56C)[C@]3(C)CO)[C@@H]2O)[C@H](O)[C@@H](O)[C@@H]1O. The van der Waals surface area contributed by atoms with Crippen LogP contribution in [0.25, 0.3) is 0 Å². The second-order valence-electron chi connectivity index (χ2n) is 21.0. The number of rotatable bonds is 6. The third-order valence-electron chi connectivity index (χ3n) is 17.9. The van der Waals surface area contributed by atoms with Crippen LogP contribution < -0.4 is 0 Å². The van der Waals surface area contributed by atoms with Crippen LogP contribution in [0.15, 0.2) is 12.2 Å². The first-order valence-corrected chi connectivity index (χ1v) is 20.9. The third-order valence-corrected chi connectivity index (χ3v) is 17.9. The molecule has 314 valence electrons. The second-order valence-corrected chi connectivity index (χ2v) is 21.0. The van der Waals surface area contributed by atoms with Crippen LogP contribution in [-0.2, 0) is 23.7 Å². The summed E-state index contributed by atoms with van der Waals surface area (Å²) in [6, 6.07) is 0. The first-order chi connectivity index (χ1) is 25.7. The van der Waals surface area contributed by atoms with Gasteiger partial charge in [0.05, 0.1) is 43.7 Å². The lowest BCUT2D eigenvalue weighted by molar-refractivity contribution is -0.368. The molecular formula is C42H68O13. The van der Waals surface area contributed by atoms with Gasteiger partial charge in [0.1, 0.15) is 42.7 Å². The first kappa shape index (κ1) is 41.0. The average molecular weight is 781 g/mol. The minimum absolute atomic E-state index is 0.0158. The van der Waals surface area contributed by atoms with Gasteiger partial charge in [-0.05, 0) is 86.4 Å². The van der Waals surface area contributed by atoms with Crippen molar-refractivity contribution in [1.29, 1.82) is 0 Å². The molecule has 3 aliphatic heterocycles. The molecule has 5 aliphatic carbocycles. The molecule has 21 atom stereocenters. The second kappa shape index (κ2) is 13.4. The summed E-state index contributed by atoms with van der Waals surface area (Å²) in [6.45, 7) is 15.2. The van der Waals surface area contributed by atoms with Crippen LogP contribution in [-0.4, -0.2) is 140 Å². The molecule has 2 bridgehead atoms. The standard InChI is InChI=1S/C42H68O13/c1-21-28(46)30(48)31(49)34(52-21)55-33-29(47)22(18-43)53-35(32(33)50)54-27-10-11-37(4)23(38(27,5)19-44)8-12-39(6)24(37)9-13-42-25-16-36(2,3)14-15-41(25,20-51-42)26(45)17-40(39,42)7/h9,13,21-35,43-50H,8,10-12,14-20H2,1-7H3/t21-,22-,23+,24+,25+,26-,27+,28-,29+,30+,31-,32-,33+,34+,35+,37+,38+,39-,40-,41-,42-/m1/s1. The van der Waals surface area contributed by atoms with Crippen molar-refractivity contribution >= 4 is 0 Å². The van der Waals surface area contributed by atoms with E-state index in [9.17, 15) is 40.9 Å². The lowest BCUT2D eigenvalue weighted by Crippen LogP contribution is -2.72. The van der Waals surface area contributed by atoms with Crippen LogP contribution in [0.5, 0.6) is 0 Å². The van der Waals surface area contributed by atoms with Crippen LogP contribution in [0, 0.1) is 50.2 Å². The van der Waals surface area contributed by atoms with Gasteiger partial charge >= 0.3 is 0 Å². The highest BCUT2D eigenvalue weighted by Gasteiger charge is 2.79. The molecule has 0 aromatic carbocycles. The summed E-state index contributed by atoms with van der Waals surface area (Å²) >= 11 is 0. The highest BCUT2D eigenvalue weighted by molar-refractivity contribution is 5.36. The molecule has 0 aromatic heterocycles. The number of fused-ring (bicyclic) bond motifs is 4. The van der Waals surface area contributed by atoms with Gasteiger partial charge in [-0.25, -0.2) is 0 Å². The summed E-state index contributed by atoms with van der Waals surface area (Å²) in [6.07, 6.45) is -3.55. The zero-order valence-corrected chi connectivity index (χ0v) is 33.7. The van der Waals surface area contributed by atoms with Crippen molar-refractivity contribution in [3.05, 3.63) is 12.2 Å². The minimum atomic E-state index is -1.67. The van der Waals surface area contributed by atoms with Crippen LogP contribution in [0.4, 0.5) is 0 Å². The molecule has 3 heterocycles. The Labute approximate surface area is 325 Å². The molecule has 8 aliphatic rings. The van der Waals surface area contributed by atoms with Gasteiger partial charge in [0.15, 0.2) is 12.6 Å². The fourth-order valence-electron chi connectivity index (χ4n) is 14.3. The molecule has 4 saturated carbocycles. The van der Waals surface area contributed by atoms with Crippen molar-refractivity contribution < 1.29 is 64.5 Å². The molecule has 0 aromatic rings. The summed E-state index contributed by atoms with van der Waals surface area (Å²) < 4.78 is 31.2. The van der Waals surface area contributed by atoms with Crippen molar-refractivity contribution in [1.82, 2.24) is 0 Å². The molecule has 8 N–H and O–H groups in total. The van der Waals surface area contributed by atoms with Gasteiger partial charge in [-0.15, -0.1) is 0 Å². The Morgan fingerprint density at radius 3 is 2.13 bits per heavy atom. The highest BCUT2D eigenvalue weighted by atomic mass is 16.7. The van der Waals surface area contributed by atoms with Gasteiger partial charge in [0.2, 0.25) is 0 Å². The van der Waals surface area contributed by atoms with Crippen molar-refractivity contribution in [2.24, 2.45) is 50.2 Å². The van der Waals surface area contributed by atoms with Crippen molar-refractivity contribution in [2.45, 2.75) is 179 Å². The summed E-state index contributed by atoms with van der Waals surface area (Å²) in [5.41, 5.74) is -2.00. The molecule has 8 rings (SSSR count). The van der Waals surface area contributed by atoms with Gasteiger partial charge in [-0.1, -0.05) is 53.7 Å². The maximum absolute atomic E-state index is 12.1. The Hall–Kier alpha value is -0.780. The number of allylic oxidation sites excluding steroid dienone is 1. The topological polar surface area (TPSA) is 208 Å². The smallest absolute Gasteiger partial charge is 0.187 e. The Kier molecular flexibility index (Phi) is 9.95. The lowest BCUT2D eigenvalue weighted by atomic mass is 9.32. The summed E-state index contributed by atoms with van der Waals surface area (Å²) in [5.74, 6) is 0.401. The van der Waals surface area contributed by atoms with E-state index in [-0.39, 0.29) is 51.4 Å². The van der Waals surface area contributed by atoms with Crippen LogP contribution >= 0.6 is 0 Å². The van der Waals surface area contributed by atoms with E-state index < -0.39 is 91.2 Å². The fourth-order valence-corrected chi connectivity index (χ4v) is 14.3. The normalized spacial score (nSPS) is 59.7. The summed E-state index contributed by atoms with van der Waals surface area (Å²) in [7, 11) is 0. The highest BCUT2D eigenvalue weighted by Crippen LogP contribution is 2.79. The molecule has 13 nitrogen and oxygen atoms in total. The van der Waals surface area contributed by atoms with Crippen LogP contribution in [0.1, 0.15) is 99.8 Å². The molecule has 7 fully saturated rings. The first-order valence-electron chi connectivity index (χ1n) is 20.9. The largest absolute Gasteiger partial charge is 0.396 e. The van der Waals surface area contributed by atoms with E-state index in [1.54, 1.807) is 0 Å². The van der Waals surface area contributed by atoms with E-state index in [2.05, 4.69) is 46.8 Å². The number of hydrogen-bond acceptors (Lipinski definition) is 13. The summed E-state index contributed by atoms with van der Waals surface area (Å²) in [4.78, 5) is 0.